The Balaban J connectivity index is 2.39. The molecule has 0 aliphatic rings. The van der Waals surface area contributed by atoms with E-state index in [9.17, 15) is 0 Å². The lowest BCUT2D eigenvalue weighted by Crippen LogP contribution is -2.10. The summed E-state index contributed by atoms with van der Waals surface area (Å²) in [5.74, 6) is 1.09. The van der Waals surface area contributed by atoms with Crippen LogP contribution in [0, 0.1) is 6.92 Å². The molecule has 0 aliphatic carbocycles. The van der Waals surface area contributed by atoms with Gasteiger partial charge in [-0.1, -0.05) is 0 Å². The molecule has 0 radical (unpaired) electrons. The second-order valence-corrected chi connectivity index (χ2v) is 8.71. The first-order valence-electron chi connectivity index (χ1n) is 4.56. The predicted molar refractivity (Wildman–Crippen MR) is 62.5 cm³/mol. The molecule has 1 aromatic heterocycles. The van der Waals surface area contributed by atoms with Crippen LogP contribution < -0.4 is 4.74 Å². The Hall–Kier alpha value is -0.770. The van der Waals surface area contributed by atoms with Gasteiger partial charge >= 0.3 is 6.01 Å². The summed E-state index contributed by atoms with van der Waals surface area (Å²) in [5, 5.41) is 0. The van der Waals surface area contributed by atoms with Crippen molar-refractivity contribution < 1.29 is 4.74 Å². The van der Waals surface area contributed by atoms with Gasteiger partial charge in [0, 0.05) is 17.6 Å². The summed E-state index contributed by atoms with van der Waals surface area (Å²) in [6.07, 6.45) is 8.54. The third-order valence-electron chi connectivity index (χ3n) is 1.70. The first-order valence-corrected chi connectivity index (χ1v) is 7.58. The molecule has 1 rings (SSSR count). The number of hydrogen-bond donors (Lipinski definition) is 0. The van der Waals surface area contributed by atoms with Crippen molar-refractivity contribution in [3.8, 4) is 6.01 Å². The Kier molecular flexibility index (Phi) is 3.75. The highest BCUT2D eigenvalue weighted by Gasteiger charge is 2.04. The van der Waals surface area contributed by atoms with E-state index in [1.165, 1.54) is 0 Å². The monoisotopic (exact) mass is 214 g/mol. The molecule has 0 amide bonds. The number of rotatable bonds is 4. The lowest BCUT2D eigenvalue weighted by atomic mass is 10.5. The zero-order valence-electron chi connectivity index (χ0n) is 9.28. The highest BCUT2D eigenvalue weighted by Crippen LogP contribution is 2.33. The summed E-state index contributed by atoms with van der Waals surface area (Å²) in [7, 11) is -0.485. The van der Waals surface area contributed by atoms with Crippen LogP contribution in [0.4, 0.5) is 0 Å². The molecule has 0 aliphatic heterocycles. The number of nitrogens with zero attached hydrogens (tertiary/aromatic N) is 2. The second-order valence-electron chi connectivity index (χ2n) is 4.12. The fraction of sp³-hybridized carbons (Fsp3) is 0.600. The Bertz CT molecular complexity index is 296. The van der Waals surface area contributed by atoms with Crippen molar-refractivity contribution in [3.63, 3.8) is 0 Å². The van der Waals surface area contributed by atoms with Crippen LogP contribution in [0.1, 0.15) is 5.69 Å². The summed E-state index contributed by atoms with van der Waals surface area (Å²) in [4.78, 5) is 8.20. The molecule has 14 heavy (non-hydrogen) atoms. The van der Waals surface area contributed by atoms with Gasteiger partial charge in [0.1, 0.15) is 0 Å². The molecule has 1 heterocycles. The van der Waals surface area contributed by atoms with Gasteiger partial charge in [-0.15, -0.1) is 0 Å². The lowest BCUT2D eigenvalue weighted by Gasteiger charge is -2.24. The van der Waals surface area contributed by atoms with E-state index in [2.05, 4.69) is 28.7 Å². The Morgan fingerprint density at radius 1 is 1.36 bits per heavy atom. The largest absolute Gasteiger partial charge is 0.463 e. The minimum Gasteiger partial charge on any atom is -0.463 e. The van der Waals surface area contributed by atoms with E-state index in [-0.39, 0.29) is 0 Å². The number of hydrogen-bond acceptors (Lipinski definition) is 3. The summed E-state index contributed by atoms with van der Waals surface area (Å²) in [6.45, 7) is 2.64. The van der Waals surface area contributed by atoms with Crippen LogP contribution in [0.25, 0.3) is 0 Å². The Morgan fingerprint density at radius 3 is 2.64 bits per heavy atom. The second kappa shape index (κ2) is 4.64. The first kappa shape index (κ1) is 11.3. The molecule has 0 unspecified atom stereocenters. The summed E-state index contributed by atoms with van der Waals surface area (Å²) >= 11 is 0. The summed E-state index contributed by atoms with van der Waals surface area (Å²) in [5.41, 5.74) is 0.943. The van der Waals surface area contributed by atoms with E-state index < -0.39 is 10.0 Å². The van der Waals surface area contributed by atoms with Crippen LogP contribution in [0.3, 0.4) is 0 Å². The smallest absolute Gasteiger partial charge is 0.316 e. The van der Waals surface area contributed by atoms with Gasteiger partial charge in [0.25, 0.3) is 0 Å². The molecule has 3 nitrogen and oxygen atoms in total. The van der Waals surface area contributed by atoms with Crippen molar-refractivity contribution in [3.05, 3.63) is 18.0 Å². The maximum absolute atomic E-state index is 5.46. The molecule has 80 valence electrons. The normalized spacial score (nSPS) is 12.6. The Morgan fingerprint density at radius 2 is 2.07 bits per heavy atom. The van der Waals surface area contributed by atoms with Gasteiger partial charge in [-0.2, -0.15) is 0 Å². The van der Waals surface area contributed by atoms with Crippen LogP contribution in [-0.2, 0) is 0 Å². The molecular weight excluding hydrogens is 196 g/mol. The first-order chi connectivity index (χ1) is 6.47. The van der Waals surface area contributed by atoms with Crippen molar-refractivity contribution in [1.82, 2.24) is 9.97 Å². The third kappa shape index (κ3) is 4.46. The highest BCUT2D eigenvalue weighted by molar-refractivity contribution is 8.32. The van der Waals surface area contributed by atoms with Crippen LogP contribution in [0.15, 0.2) is 12.3 Å². The maximum Gasteiger partial charge on any atom is 0.316 e. The SMILES string of the molecule is Cc1ccnc(OCCS(C)(C)C)n1. The van der Waals surface area contributed by atoms with E-state index in [0.29, 0.717) is 12.6 Å². The van der Waals surface area contributed by atoms with E-state index in [4.69, 9.17) is 4.74 Å². The molecule has 0 saturated heterocycles. The van der Waals surface area contributed by atoms with Crippen LogP contribution >= 0.6 is 10.0 Å². The van der Waals surface area contributed by atoms with Gasteiger partial charge < -0.3 is 4.74 Å². The quantitative estimate of drug-likeness (QED) is 0.767. The zero-order valence-corrected chi connectivity index (χ0v) is 10.1. The van der Waals surface area contributed by atoms with Gasteiger partial charge in [0.15, 0.2) is 0 Å². The fourth-order valence-electron chi connectivity index (χ4n) is 0.878. The minimum atomic E-state index is -0.485. The van der Waals surface area contributed by atoms with Crippen molar-refractivity contribution in [1.29, 1.82) is 0 Å². The zero-order chi connectivity index (χ0) is 10.6. The van der Waals surface area contributed by atoms with Crippen molar-refractivity contribution in [2.75, 3.05) is 31.1 Å². The van der Waals surface area contributed by atoms with Gasteiger partial charge in [-0.3, -0.25) is 0 Å². The lowest BCUT2D eigenvalue weighted by molar-refractivity contribution is 0.314. The molecule has 0 aromatic carbocycles. The molecule has 0 bridgehead atoms. The maximum atomic E-state index is 5.46. The molecule has 4 heteroatoms. The average molecular weight is 214 g/mol. The molecule has 0 atom stereocenters. The van der Waals surface area contributed by atoms with E-state index >= 15 is 0 Å². The van der Waals surface area contributed by atoms with Gasteiger partial charge in [0.05, 0.1) is 6.61 Å². The number of ether oxygens (including phenoxy) is 1. The standard InChI is InChI=1S/C10H18N2OS/c1-9-5-6-11-10(12-9)13-7-8-14(2,3)4/h5-6H,7-8H2,1-4H3. The van der Waals surface area contributed by atoms with E-state index in [0.717, 1.165) is 11.4 Å². The Labute approximate surface area is 87.2 Å². The predicted octanol–water partition coefficient (Wildman–Crippen LogP) is 1.86. The van der Waals surface area contributed by atoms with Crippen LogP contribution in [0.5, 0.6) is 6.01 Å². The van der Waals surface area contributed by atoms with Crippen LogP contribution in [-0.4, -0.2) is 41.1 Å². The van der Waals surface area contributed by atoms with Gasteiger partial charge in [-0.05, 0) is 31.8 Å². The molecule has 0 spiro atoms. The number of aromatic nitrogens is 2. The average Bonchev–Trinajstić information content (AvgIpc) is 2.01. The van der Waals surface area contributed by atoms with Crippen LogP contribution in [0.2, 0.25) is 0 Å². The van der Waals surface area contributed by atoms with E-state index in [1.54, 1.807) is 6.20 Å². The summed E-state index contributed by atoms with van der Waals surface area (Å²) < 4.78 is 5.46. The minimum absolute atomic E-state index is 0.485. The third-order valence-corrected chi connectivity index (χ3v) is 3.09. The molecule has 0 N–H and O–H groups in total. The molecule has 0 saturated carbocycles. The molecular formula is C10H18N2OS. The topological polar surface area (TPSA) is 35.0 Å². The highest BCUT2D eigenvalue weighted by atomic mass is 32.3. The van der Waals surface area contributed by atoms with Crippen molar-refractivity contribution in [2.45, 2.75) is 6.92 Å². The molecule has 0 fully saturated rings. The van der Waals surface area contributed by atoms with Gasteiger partial charge in [-0.25, -0.2) is 20.0 Å². The van der Waals surface area contributed by atoms with E-state index in [1.807, 2.05) is 13.0 Å². The van der Waals surface area contributed by atoms with Gasteiger partial charge in [0.2, 0.25) is 0 Å². The van der Waals surface area contributed by atoms with Crippen molar-refractivity contribution >= 4 is 10.0 Å². The summed E-state index contributed by atoms with van der Waals surface area (Å²) in [6, 6.07) is 2.36. The van der Waals surface area contributed by atoms with Crippen molar-refractivity contribution in [2.24, 2.45) is 0 Å². The number of aryl methyl sites for hydroxylation is 1. The molecule has 1 aromatic rings. The fourth-order valence-corrected chi connectivity index (χ4v) is 1.46.